The van der Waals surface area contributed by atoms with E-state index in [1.54, 1.807) is 11.3 Å². The number of thioether (sulfide) groups is 1. The molecule has 0 N–H and O–H groups in total. The minimum Gasteiger partial charge on any atom is -0.350 e. The molecule has 1 aromatic carbocycles. The van der Waals surface area contributed by atoms with Gasteiger partial charge in [0.1, 0.15) is 0 Å². The number of ketones is 1. The molecule has 0 aliphatic heterocycles. The quantitative estimate of drug-likeness (QED) is 0.734. The van der Waals surface area contributed by atoms with E-state index >= 15 is 0 Å². The van der Waals surface area contributed by atoms with Crippen molar-refractivity contribution in [2.75, 3.05) is 30.5 Å². The van der Waals surface area contributed by atoms with Crippen LogP contribution in [0.4, 0.5) is 5.13 Å². The molecule has 0 bridgehead atoms. The second kappa shape index (κ2) is 7.45. The van der Waals surface area contributed by atoms with E-state index in [-0.39, 0.29) is 5.78 Å². The van der Waals surface area contributed by atoms with Gasteiger partial charge in [-0.2, -0.15) is 11.8 Å². The van der Waals surface area contributed by atoms with Crippen LogP contribution in [0.3, 0.4) is 0 Å². The number of benzene rings is 1. The van der Waals surface area contributed by atoms with Gasteiger partial charge < -0.3 is 4.90 Å². The smallest absolute Gasteiger partial charge is 0.185 e. The van der Waals surface area contributed by atoms with Crippen LogP contribution in [0, 0.1) is 0 Å². The Kier molecular flexibility index (Phi) is 5.61. The molecule has 20 heavy (non-hydrogen) atoms. The minimum absolute atomic E-state index is 0.120. The van der Waals surface area contributed by atoms with Gasteiger partial charge in [-0.25, -0.2) is 4.98 Å². The molecule has 3 nitrogen and oxygen atoms in total. The predicted molar refractivity (Wildman–Crippen MR) is 88.2 cm³/mol. The summed E-state index contributed by atoms with van der Waals surface area (Å²) in [6.07, 6.45) is 2.47. The van der Waals surface area contributed by atoms with Gasteiger partial charge in [0.2, 0.25) is 0 Å². The highest BCUT2D eigenvalue weighted by Crippen LogP contribution is 2.20. The fraction of sp³-hybridized carbons (Fsp3) is 0.333. The average molecular weight is 306 g/mol. The molecule has 0 saturated heterocycles. The zero-order valence-corrected chi connectivity index (χ0v) is 13.3. The molecule has 106 valence electrons. The first kappa shape index (κ1) is 15.1. The summed E-state index contributed by atoms with van der Waals surface area (Å²) in [5, 5.41) is 2.96. The number of anilines is 1. The number of Topliss-reactive ketones (excluding diaryl/α,β-unsaturated/α-hetero) is 1. The van der Waals surface area contributed by atoms with E-state index in [2.05, 4.69) is 16.1 Å². The van der Waals surface area contributed by atoms with Crippen molar-refractivity contribution in [2.24, 2.45) is 0 Å². The molecule has 0 unspecified atom stereocenters. The number of hydrogen-bond acceptors (Lipinski definition) is 5. The van der Waals surface area contributed by atoms with E-state index in [0.29, 0.717) is 6.42 Å². The molecule has 0 fully saturated rings. The topological polar surface area (TPSA) is 33.2 Å². The van der Waals surface area contributed by atoms with Gasteiger partial charge in [0.15, 0.2) is 10.9 Å². The van der Waals surface area contributed by atoms with E-state index in [0.717, 1.165) is 28.7 Å². The van der Waals surface area contributed by atoms with Gasteiger partial charge in [-0.05, 0) is 6.26 Å². The molecule has 0 atom stereocenters. The summed E-state index contributed by atoms with van der Waals surface area (Å²) in [6.45, 7) is 0.973. The third-order valence-electron chi connectivity index (χ3n) is 2.93. The number of rotatable bonds is 7. The second-order valence-corrected chi connectivity index (χ2v) is 6.32. The van der Waals surface area contributed by atoms with Crippen LogP contribution in [0.2, 0.25) is 0 Å². The number of thiazole rings is 1. The second-order valence-electron chi connectivity index (χ2n) is 4.50. The molecule has 0 spiro atoms. The highest BCUT2D eigenvalue weighted by atomic mass is 32.2. The third-order valence-corrected chi connectivity index (χ3v) is 4.53. The number of nitrogens with zero attached hydrogens (tertiary/aromatic N) is 2. The summed E-state index contributed by atoms with van der Waals surface area (Å²) in [5.41, 5.74) is 1.60. The number of hydrogen-bond donors (Lipinski definition) is 0. The van der Waals surface area contributed by atoms with E-state index in [4.69, 9.17) is 0 Å². The Hall–Kier alpha value is -1.33. The van der Waals surface area contributed by atoms with Gasteiger partial charge in [0.25, 0.3) is 0 Å². The maximum Gasteiger partial charge on any atom is 0.185 e. The summed E-state index contributed by atoms with van der Waals surface area (Å²) in [4.78, 5) is 18.8. The monoisotopic (exact) mass is 306 g/mol. The van der Waals surface area contributed by atoms with E-state index in [1.165, 1.54) is 0 Å². The molecule has 5 heteroatoms. The maximum absolute atomic E-state index is 12.1. The molecule has 0 aliphatic carbocycles. The van der Waals surface area contributed by atoms with E-state index in [1.807, 2.05) is 54.5 Å². The fourth-order valence-electron chi connectivity index (χ4n) is 1.77. The summed E-state index contributed by atoms with van der Waals surface area (Å²) < 4.78 is 0. The molecule has 0 amide bonds. The Morgan fingerprint density at radius 3 is 2.80 bits per heavy atom. The summed E-state index contributed by atoms with van der Waals surface area (Å²) in [6, 6.07) is 9.38. The number of carbonyl (C=O) groups is 1. The van der Waals surface area contributed by atoms with Crippen molar-refractivity contribution in [2.45, 2.75) is 6.42 Å². The average Bonchev–Trinajstić information content (AvgIpc) is 2.94. The Morgan fingerprint density at radius 1 is 1.35 bits per heavy atom. The summed E-state index contributed by atoms with van der Waals surface area (Å²) in [5.74, 6) is 1.20. The van der Waals surface area contributed by atoms with Crippen LogP contribution in [-0.4, -0.2) is 36.4 Å². The maximum atomic E-state index is 12.1. The van der Waals surface area contributed by atoms with Crippen LogP contribution >= 0.6 is 23.1 Å². The van der Waals surface area contributed by atoms with Crippen LogP contribution in [-0.2, 0) is 6.42 Å². The van der Waals surface area contributed by atoms with Gasteiger partial charge in [-0.1, -0.05) is 30.3 Å². The Bertz CT molecular complexity index is 554. The van der Waals surface area contributed by atoms with Crippen LogP contribution in [0.15, 0.2) is 35.7 Å². The normalized spacial score (nSPS) is 10.5. The SMILES string of the molecule is CSCCN(C)c1nc(CC(=O)c2ccccc2)cs1. The van der Waals surface area contributed by atoms with Crippen LogP contribution < -0.4 is 4.90 Å². The summed E-state index contributed by atoms with van der Waals surface area (Å²) >= 11 is 3.42. The Morgan fingerprint density at radius 2 is 2.10 bits per heavy atom. The molecule has 1 aromatic heterocycles. The molecule has 0 aliphatic rings. The van der Waals surface area contributed by atoms with Gasteiger partial charge in [0, 0.05) is 30.3 Å². The predicted octanol–water partition coefficient (Wildman–Crippen LogP) is 3.37. The third kappa shape index (κ3) is 4.08. The molecule has 0 radical (unpaired) electrons. The first-order chi connectivity index (χ1) is 9.70. The molecule has 2 rings (SSSR count). The zero-order valence-electron chi connectivity index (χ0n) is 11.7. The van der Waals surface area contributed by atoms with Crippen molar-refractivity contribution in [3.63, 3.8) is 0 Å². The van der Waals surface area contributed by atoms with Gasteiger partial charge in [-0.3, -0.25) is 4.79 Å². The van der Waals surface area contributed by atoms with Gasteiger partial charge in [-0.15, -0.1) is 11.3 Å². The van der Waals surface area contributed by atoms with Crippen molar-refractivity contribution in [1.82, 2.24) is 4.98 Å². The first-order valence-electron chi connectivity index (χ1n) is 6.43. The lowest BCUT2D eigenvalue weighted by molar-refractivity contribution is 0.0992. The lowest BCUT2D eigenvalue weighted by Gasteiger charge is -2.14. The first-order valence-corrected chi connectivity index (χ1v) is 8.71. The van der Waals surface area contributed by atoms with Crippen molar-refractivity contribution in [3.05, 3.63) is 47.0 Å². The van der Waals surface area contributed by atoms with E-state index < -0.39 is 0 Å². The van der Waals surface area contributed by atoms with E-state index in [9.17, 15) is 4.79 Å². The molecule has 2 aromatic rings. The van der Waals surface area contributed by atoms with Gasteiger partial charge in [0.05, 0.1) is 12.1 Å². The number of aromatic nitrogens is 1. The van der Waals surface area contributed by atoms with Crippen LogP contribution in [0.1, 0.15) is 16.1 Å². The Labute approximate surface area is 128 Å². The summed E-state index contributed by atoms with van der Waals surface area (Å²) in [7, 11) is 2.04. The van der Waals surface area contributed by atoms with Crippen molar-refractivity contribution in [3.8, 4) is 0 Å². The highest BCUT2D eigenvalue weighted by Gasteiger charge is 2.11. The van der Waals surface area contributed by atoms with Crippen molar-refractivity contribution >= 4 is 34.0 Å². The molecular formula is C15H18N2OS2. The zero-order chi connectivity index (χ0) is 14.4. The largest absolute Gasteiger partial charge is 0.350 e. The number of carbonyl (C=O) groups excluding carboxylic acids is 1. The lowest BCUT2D eigenvalue weighted by Crippen LogP contribution is -2.20. The van der Waals surface area contributed by atoms with Crippen molar-refractivity contribution < 1.29 is 4.79 Å². The standard InChI is InChI=1S/C15H18N2OS2/c1-17(8-9-19-2)15-16-13(11-20-15)10-14(18)12-6-4-3-5-7-12/h3-7,11H,8-10H2,1-2H3. The molecule has 0 saturated carbocycles. The fourth-order valence-corrected chi connectivity index (χ4v) is 3.04. The van der Waals surface area contributed by atoms with Crippen molar-refractivity contribution in [1.29, 1.82) is 0 Å². The minimum atomic E-state index is 0.120. The Balaban J connectivity index is 1.97. The molecular weight excluding hydrogens is 288 g/mol. The molecule has 1 heterocycles. The highest BCUT2D eigenvalue weighted by molar-refractivity contribution is 7.98. The lowest BCUT2D eigenvalue weighted by atomic mass is 10.1. The van der Waals surface area contributed by atoms with Gasteiger partial charge >= 0.3 is 0 Å². The van der Waals surface area contributed by atoms with Crippen LogP contribution in [0.5, 0.6) is 0 Å². The van der Waals surface area contributed by atoms with Crippen LogP contribution in [0.25, 0.3) is 0 Å².